The highest BCUT2D eigenvalue weighted by atomic mass is 32.1. The minimum Gasteiger partial charge on any atom is -0.447 e. The third kappa shape index (κ3) is 4.52. The van der Waals surface area contributed by atoms with Crippen LogP contribution in [0, 0.1) is 5.82 Å². The number of anilines is 1. The minimum atomic E-state index is -0.348. The standard InChI is InChI=1S/C19H24FN3O2S/c1-11(2)25-19(24)23-14-6-3-12(4-7-14)18-22-10-17(26-18)15-8-5-13(21)9-16(15)20/h5,8-12,14H,3-4,6-7,21H2,1-2H3,(H,23,24). The van der Waals surface area contributed by atoms with Gasteiger partial charge in [-0.25, -0.2) is 14.2 Å². The van der Waals surface area contributed by atoms with Crippen molar-refractivity contribution in [2.24, 2.45) is 0 Å². The van der Waals surface area contributed by atoms with Crippen LogP contribution >= 0.6 is 11.3 Å². The van der Waals surface area contributed by atoms with Crippen LogP contribution in [0.1, 0.15) is 50.5 Å². The Morgan fingerprint density at radius 1 is 1.35 bits per heavy atom. The van der Waals surface area contributed by atoms with E-state index in [1.54, 1.807) is 18.3 Å². The Hall–Kier alpha value is -2.15. The summed E-state index contributed by atoms with van der Waals surface area (Å²) in [6.07, 6.45) is 4.95. The van der Waals surface area contributed by atoms with Gasteiger partial charge in [0.15, 0.2) is 0 Å². The van der Waals surface area contributed by atoms with Gasteiger partial charge in [-0.1, -0.05) is 0 Å². The van der Waals surface area contributed by atoms with Crippen molar-refractivity contribution in [1.82, 2.24) is 10.3 Å². The van der Waals surface area contributed by atoms with E-state index >= 15 is 0 Å². The maximum absolute atomic E-state index is 14.1. The summed E-state index contributed by atoms with van der Waals surface area (Å²) in [7, 11) is 0. The Morgan fingerprint density at radius 2 is 2.08 bits per heavy atom. The molecule has 1 saturated carbocycles. The van der Waals surface area contributed by atoms with Crippen molar-refractivity contribution in [2.45, 2.75) is 57.6 Å². The zero-order valence-corrected chi connectivity index (χ0v) is 15.8. The average Bonchev–Trinajstić information content (AvgIpc) is 3.04. The maximum atomic E-state index is 14.1. The van der Waals surface area contributed by atoms with Gasteiger partial charge in [-0.2, -0.15) is 0 Å². The lowest BCUT2D eigenvalue weighted by molar-refractivity contribution is 0.109. The quantitative estimate of drug-likeness (QED) is 0.758. The van der Waals surface area contributed by atoms with Crippen LogP contribution < -0.4 is 11.1 Å². The molecule has 26 heavy (non-hydrogen) atoms. The molecule has 2 aromatic rings. The fourth-order valence-corrected chi connectivity index (χ4v) is 4.35. The van der Waals surface area contributed by atoms with Crippen molar-refractivity contribution in [3.63, 3.8) is 0 Å². The normalized spacial score (nSPS) is 20.2. The number of ether oxygens (including phenoxy) is 1. The number of alkyl carbamates (subject to hydrolysis) is 1. The number of hydrogen-bond donors (Lipinski definition) is 2. The fourth-order valence-electron chi connectivity index (χ4n) is 3.23. The first kappa shape index (κ1) is 18.6. The van der Waals surface area contributed by atoms with Crippen LogP contribution in [0.5, 0.6) is 0 Å². The van der Waals surface area contributed by atoms with Gasteiger partial charge in [-0.05, 0) is 57.7 Å². The van der Waals surface area contributed by atoms with E-state index in [4.69, 9.17) is 10.5 Å². The molecule has 1 amide bonds. The Kier molecular flexibility index (Phi) is 5.76. The zero-order chi connectivity index (χ0) is 18.7. The van der Waals surface area contributed by atoms with E-state index in [-0.39, 0.29) is 24.1 Å². The number of nitrogen functional groups attached to an aromatic ring is 1. The van der Waals surface area contributed by atoms with Crippen LogP contribution in [-0.2, 0) is 4.74 Å². The average molecular weight is 377 g/mol. The highest BCUT2D eigenvalue weighted by Gasteiger charge is 2.26. The van der Waals surface area contributed by atoms with Crippen LogP contribution in [0.3, 0.4) is 0 Å². The summed E-state index contributed by atoms with van der Waals surface area (Å²) in [6.45, 7) is 3.67. The summed E-state index contributed by atoms with van der Waals surface area (Å²) in [5, 5.41) is 3.95. The molecule has 1 heterocycles. The van der Waals surface area contributed by atoms with E-state index in [2.05, 4.69) is 10.3 Å². The number of thiazole rings is 1. The molecule has 0 saturated heterocycles. The van der Waals surface area contributed by atoms with Crippen molar-refractivity contribution < 1.29 is 13.9 Å². The topological polar surface area (TPSA) is 77.2 Å². The van der Waals surface area contributed by atoms with Crippen molar-refractivity contribution in [1.29, 1.82) is 0 Å². The Morgan fingerprint density at radius 3 is 2.73 bits per heavy atom. The second-order valence-electron chi connectivity index (χ2n) is 6.95. The number of nitrogens with zero attached hydrogens (tertiary/aromatic N) is 1. The Bertz CT molecular complexity index is 770. The zero-order valence-electron chi connectivity index (χ0n) is 15.0. The third-order valence-electron chi connectivity index (χ3n) is 4.52. The molecule has 0 spiro atoms. The first-order valence-electron chi connectivity index (χ1n) is 8.90. The number of benzene rings is 1. The Labute approximate surface area is 156 Å². The number of rotatable bonds is 4. The van der Waals surface area contributed by atoms with Crippen molar-refractivity contribution >= 4 is 23.1 Å². The molecule has 3 rings (SSSR count). The molecular formula is C19H24FN3O2S. The monoisotopic (exact) mass is 377 g/mol. The van der Waals surface area contributed by atoms with E-state index < -0.39 is 0 Å². The molecule has 3 N–H and O–H groups in total. The fraction of sp³-hybridized carbons (Fsp3) is 0.474. The summed E-state index contributed by atoms with van der Waals surface area (Å²) in [4.78, 5) is 17.0. The first-order valence-corrected chi connectivity index (χ1v) is 9.72. The van der Waals surface area contributed by atoms with Crippen LogP contribution in [0.2, 0.25) is 0 Å². The summed E-state index contributed by atoms with van der Waals surface area (Å²) in [6, 6.07) is 4.88. The van der Waals surface area contributed by atoms with E-state index in [0.717, 1.165) is 35.6 Å². The van der Waals surface area contributed by atoms with Crippen LogP contribution in [0.4, 0.5) is 14.9 Å². The second-order valence-corrected chi connectivity index (χ2v) is 8.01. The van der Waals surface area contributed by atoms with E-state index in [1.165, 1.54) is 17.4 Å². The van der Waals surface area contributed by atoms with Crippen molar-refractivity contribution in [2.75, 3.05) is 5.73 Å². The molecule has 1 aliphatic rings. The molecular weight excluding hydrogens is 353 g/mol. The maximum Gasteiger partial charge on any atom is 0.407 e. The number of nitrogens with one attached hydrogen (secondary N) is 1. The molecule has 7 heteroatoms. The van der Waals surface area contributed by atoms with Gasteiger partial charge in [-0.15, -0.1) is 11.3 Å². The summed E-state index contributed by atoms with van der Waals surface area (Å²) in [5.41, 5.74) is 6.56. The number of amides is 1. The lowest BCUT2D eigenvalue weighted by Gasteiger charge is -2.28. The number of carbonyl (C=O) groups is 1. The molecule has 0 atom stereocenters. The third-order valence-corrected chi connectivity index (χ3v) is 5.72. The van der Waals surface area contributed by atoms with Gasteiger partial charge < -0.3 is 15.8 Å². The molecule has 5 nitrogen and oxygen atoms in total. The van der Waals surface area contributed by atoms with Crippen LogP contribution in [-0.4, -0.2) is 23.2 Å². The molecule has 140 valence electrons. The first-order chi connectivity index (χ1) is 12.4. The van der Waals surface area contributed by atoms with Gasteiger partial charge in [0.1, 0.15) is 5.82 Å². The summed E-state index contributed by atoms with van der Waals surface area (Å²) >= 11 is 1.53. The number of carbonyl (C=O) groups excluding carboxylic acids is 1. The predicted molar refractivity (Wildman–Crippen MR) is 102 cm³/mol. The molecule has 1 aromatic carbocycles. The smallest absolute Gasteiger partial charge is 0.407 e. The molecule has 1 aromatic heterocycles. The number of hydrogen-bond acceptors (Lipinski definition) is 5. The van der Waals surface area contributed by atoms with E-state index in [1.807, 2.05) is 13.8 Å². The predicted octanol–water partition coefficient (Wildman–Crippen LogP) is 4.69. The number of aromatic nitrogens is 1. The summed E-state index contributed by atoms with van der Waals surface area (Å²) in [5.74, 6) is 0.0292. The second kappa shape index (κ2) is 8.03. The van der Waals surface area contributed by atoms with Crippen molar-refractivity contribution in [3.05, 3.63) is 35.2 Å². The molecule has 0 aliphatic heterocycles. The highest BCUT2D eigenvalue weighted by Crippen LogP contribution is 2.38. The molecule has 1 aliphatic carbocycles. The summed E-state index contributed by atoms with van der Waals surface area (Å²) < 4.78 is 19.2. The van der Waals surface area contributed by atoms with Crippen LogP contribution in [0.15, 0.2) is 24.4 Å². The van der Waals surface area contributed by atoms with Gasteiger partial charge in [0.25, 0.3) is 0 Å². The van der Waals surface area contributed by atoms with Crippen LogP contribution in [0.25, 0.3) is 10.4 Å². The lowest BCUT2D eigenvalue weighted by Crippen LogP contribution is -2.38. The van der Waals surface area contributed by atoms with Gasteiger partial charge in [0.2, 0.25) is 0 Å². The molecule has 0 radical (unpaired) electrons. The van der Waals surface area contributed by atoms with Gasteiger partial charge in [0, 0.05) is 29.4 Å². The number of nitrogens with two attached hydrogens (primary N) is 1. The molecule has 0 bridgehead atoms. The minimum absolute atomic E-state index is 0.117. The SMILES string of the molecule is CC(C)OC(=O)NC1CCC(c2ncc(-c3ccc(N)cc3F)s2)CC1. The van der Waals surface area contributed by atoms with E-state index in [0.29, 0.717) is 17.2 Å². The lowest BCUT2D eigenvalue weighted by atomic mass is 9.86. The van der Waals surface area contributed by atoms with Crippen molar-refractivity contribution in [3.8, 4) is 10.4 Å². The number of halogens is 1. The largest absolute Gasteiger partial charge is 0.447 e. The van der Waals surface area contributed by atoms with Gasteiger partial charge >= 0.3 is 6.09 Å². The van der Waals surface area contributed by atoms with E-state index in [9.17, 15) is 9.18 Å². The molecule has 1 fully saturated rings. The van der Waals surface area contributed by atoms with Gasteiger partial charge in [0.05, 0.1) is 16.0 Å². The Balaban J connectivity index is 1.59. The molecule has 0 unspecified atom stereocenters. The van der Waals surface area contributed by atoms with Gasteiger partial charge in [-0.3, -0.25) is 0 Å². The highest BCUT2D eigenvalue weighted by molar-refractivity contribution is 7.15.